The molecule has 3 heterocycles. The molecule has 0 aliphatic heterocycles. The summed E-state index contributed by atoms with van der Waals surface area (Å²) in [5, 5.41) is 8.32. The van der Waals surface area contributed by atoms with E-state index in [0.717, 1.165) is 11.8 Å². The molecule has 3 aromatic rings. The lowest BCUT2D eigenvalue weighted by atomic mass is 10.1. The molecule has 122 valence electrons. The van der Waals surface area contributed by atoms with Crippen molar-refractivity contribution in [2.24, 2.45) is 7.05 Å². The predicted octanol–water partition coefficient (Wildman–Crippen LogP) is 3.49. The zero-order valence-electron chi connectivity index (χ0n) is 13.2. The Balaban J connectivity index is 2.40. The molecule has 0 aliphatic carbocycles. The largest absolute Gasteiger partial charge is 0.417 e. The molecule has 0 spiro atoms. The summed E-state index contributed by atoms with van der Waals surface area (Å²) in [4.78, 5) is 4.43. The first-order valence-electron chi connectivity index (χ1n) is 7.18. The summed E-state index contributed by atoms with van der Waals surface area (Å²) < 4.78 is 43.7. The SMILES string of the molecule is CCn1nc(C)c2c(C(F)(F)F)cc(-c3cnn(C)c3C)nc21. The van der Waals surface area contributed by atoms with E-state index in [1.54, 1.807) is 25.6 Å². The van der Waals surface area contributed by atoms with Gasteiger partial charge in [0.05, 0.1) is 28.5 Å². The number of alkyl halides is 3. The minimum absolute atomic E-state index is 0.0599. The first-order chi connectivity index (χ1) is 10.7. The van der Waals surface area contributed by atoms with Gasteiger partial charge in [-0.2, -0.15) is 23.4 Å². The van der Waals surface area contributed by atoms with E-state index in [1.165, 1.54) is 10.9 Å². The minimum Gasteiger partial charge on any atom is -0.272 e. The monoisotopic (exact) mass is 323 g/mol. The number of rotatable bonds is 2. The summed E-state index contributed by atoms with van der Waals surface area (Å²) in [5.41, 5.74) is 1.46. The summed E-state index contributed by atoms with van der Waals surface area (Å²) in [6.45, 7) is 5.64. The first-order valence-corrected chi connectivity index (χ1v) is 7.18. The molecule has 0 bridgehead atoms. The van der Waals surface area contributed by atoms with Gasteiger partial charge in [-0.25, -0.2) is 9.67 Å². The molecule has 0 N–H and O–H groups in total. The van der Waals surface area contributed by atoms with Gasteiger partial charge in [0.15, 0.2) is 5.65 Å². The second kappa shape index (κ2) is 5.07. The fourth-order valence-corrected chi connectivity index (χ4v) is 2.69. The molecule has 3 rings (SSSR count). The highest BCUT2D eigenvalue weighted by molar-refractivity contribution is 5.86. The second-order valence-electron chi connectivity index (χ2n) is 5.42. The Hall–Kier alpha value is -2.38. The average molecular weight is 323 g/mol. The van der Waals surface area contributed by atoms with E-state index in [4.69, 9.17) is 0 Å². The molecule has 0 saturated carbocycles. The highest BCUT2D eigenvalue weighted by atomic mass is 19.4. The maximum Gasteiger partial charge on any atom is 0.417 e. The van der Waals surface area contributed by atoms with Gasteiger partial charge in [-0.1, -0.05) is 0 Å². The number of aromatic nitrogens is 5. The fourth-order valence-electron chi connectivity index (χ4n) is 2.69. The minimum atomic E-state index is -4.47. The summed E-state index contributed by atoms with van der Waals surface area (Å²) in [6.07, 6.45) is -2.94. The maximum atomic E-state index is 13.5. The van der Waals surface area contributed by atoms with Crippen molar-refractivity contribution in [2.45, 2.75) is 33.5 Å². The number of pyridine rings is 1. The van der Waals surface area contributed by atoms with Crippen LogP contribution in [0.25, 0.3) is 22.3 Å². The number of nitrogens with zero attached hydrogens (tertiary/aromatic N) is 5. The van der Waals surface area contributed by atoms with Crippen LogP contribution in [-0.4, -0.2) is 24.5 Å². The van der Waals surface area contributed by atoms with Gasteiger partial charge in [0.1, 0.15) is 0 Å². The molecule has 23 heavy (non-hydrogen) atoms. The zero-order valence-corrected chi connectivity index (χ0v) is 13.2. The Morgan fingerprint density at radius 2 is 1.91 bits per heavy atom. The molecular formula is C15H16F3N5. The van der Waals surface area contributed by atoms with Crippen LogP contribution < -0.4 is 0 Å². The normalized spacial score (nSPS) is 12.3. The third-order valence-corrected chi connectivity index (χ3v) is 3.99. The predicted molar refractivity (Wildman–Crippen MR) is 79.9 cm³/mol. The standard InChI is InChI=1S/C15H16F3N5/c1-5-23-14-13(8(2)21-23)11(15(16,17)18)6-12(20-14)10-7-19-22(4)9(10)3/h6-7H,5H2,1-4H3. The van der Waals surface area contributed by atoms with E-state index in [1.807, 2.05) is 6.92 Å². The van der Waals surface area contributed by atoms with Crippen LogP contribution in [0.5, 0.6) is 0 Å². The summed E-state index contributed by atoms with van der Waals surface area (Å²) in [5.74, 6) is 0. The Morgan fingerprint density at radius 1 is 1.22 bits per heavy atom. The molecule has 0 unspecified atom stereocenters. The van der Waals surface area contributed by atoms with Crippen LogP contribution in [0.1, 0.15) is 23.9 Å². The molecule has 0 atom stereocenters. The van der Waals surface area contributed by atoms with Gasteiger partial charge in [0.25, 0.3) is 0 Å². The van der Waals surface area contributed by atoms with Crippen LogP contribution >= 0.6 is 0 Å². The zero-order chi connectivity index (χ0) is 16.9. The molecule has 3 aromatic heterocycles. The van der Waals surface area contributed by atoms with E-state index < -0.39 is 11.7 Å². The van der Waals surface area contributed by atoms with Crippen LogP contribution in [0.3, 0.4) is 0 Å². The fraction of sp³-hybridized carbons (Fsp3) is 0.400. The van der Waals surface area contributed by atoms with Crippen LogP contribution in [0, 0.1) is 13.8 Å². The van der Waals surface area contributed by atoms with Crippen molar-refractivity contribution < 1.29 is 13.2 Å². The highest BCUT2D eigenvalue weighted by Gasteiger charge is 2.35. The summed E-state index contributed by atoms with van der Waals surface area (Å²) >= 11 is 0. The number of aryl methyl sites for hydroxylation is 3. The Kier molecular flexibility index (Phi) is 3.42. The van der Waals surface area contributed by atoms with Gasteiger partial charge in [0, 0.05) is 24.8 Å². The highest BCUT2D eigenvalue weighted by Crippen LogP contribution is 2.38. The average Bonchev–Trinajstić information content (AvgIpc) is 2.98. The van der Waals surface area contributed by atoms with Crippen molar-refractivity contribution in [3.05, 3.63) is 29.2 Å². The first kappa shape index (κ1) is 15.5. The van der Waals surface area contributed by atoms with Crippen molar-refractivity contribution in [1.29, 1.82) is 0 Å². The number of fused-ring (bicyclic) bond motifs is 1. The van der Waals surface area contributed by atoms with Crippen molar-refractivity contribution in [2.75, 3.05) is 0 Å². The van der Waals surface area contributed by atoms with Crippen molar-refractivity contribution in [3.63, 3.8) is 0 Å². The third kappa shape index (κ3) is 2.38. The van der Waals surface area contributed by atoms with E-state index >= 15 is 0 Å². The molecule has 5 nitrogen and oxygen atoms in total. The molecule has 0 aromatic carbocycles. The van der Waals surface area contributed by atoms with Gasteiger partial charge in [-0.15, -0.1) is 0 Å². The van der Waals surface area contributed by atoms with Crippen LogP contribution in [0.4, 0.5) is 13.2 Å². The lowest BCUT2D eigenvalue weighted by Gasteiger charge is -2.11. The summed E-state index contributed by atoms with van der Waals surface area (Å²) in [6, 6.07) is 1.08. The summed E-state index contributed by atoms with van der Waals surface area (Å²) in [7, 11) is 1.74. The number of hydrogen-bond acceptors (Lipinski definition) is 3. The quantitative estimate of drug-likeness (QED) is 0.725. The van der Waals surface area contributed by atoms with Crippen LogP contribution in [0.2, 0.25) is 0 Å². The van der Waals surface area contributed by atoms with Crippen LogP contribution in [-0.2, 0) is 19.8 Å². The van der Waals surface area contributed by atoms with E-state index in [0.29, 0.717) is 17.8 Å². The van der Waals surface area contributed by atoms with Gasteiger partial charge >= 0.3 is 6.18 Å². The Bertz CT molecular complexity index is 889. The molecule has 0 saturated heterocycles. The Morgan fingerprint density at radius 3 is 2.43 bits per heavy atom. The van der Waals surface area contributed by atoms with Crippen molar-refractivity contribution >= 4 is 11.0 Å². The number of hydrogen-bond donors (Lipinski definition) is 0. The van der Waals surface area contributed by atoms with Gasteiger partial charge < -0.3 is 0 Å². The lowest BCUT2D eigenvalue weighted by Crippen LogP contribution is -2.08. The third-order valence-electron chi connectivity index (χ3n) is 3.99. The van der Waals surface area contributed by atoms with Crippen molar-refractivity contribution in [1.82, 2.24) is 24.5 Å². The van der Waals surface area contributed by atoms with E-state index in [-0.39, 0.29) is 16.7 Å². The topological polar surface area (TPSA) is 48.5 Å². The molecule has 8 heteroatoms. The molecular weight excluding hydrogens is 307 g/mol. The smallest absolute Gasteiger partial charge is 0.272 e. The van der Waals surface area contributed by atoms with Crippen LogP contribution in [0.15, 0.2) is 12.3 Å². The van der Waals surface area contributed by atoms with E-state index in [9.17, 15) is 13.2 Å². The number of halogens is 3. The molecule has 0 amide bonds. The Labute approximate surface area is 130 Å². The molecule has 0 radical (unpaired) electrons. The van der Waals surface area contributed by atoms with Gasteiger partial charge in [-0.05, 0) is 26.8 Å². The second-order valence-corrected chi connectivity index (χ2v) is 5.42. The molecule has 0 aliphatic rings. The van der Waals surface area contributed by atoms with Gasteiger partial charge in [0.2, 0.25) is 0 Å². The lowest BCUT2D eigenvalue weighted by molar-refractivity contribution is -0.136. The van der Waals surface area contributed by atoms with Gasteiger partial charge in [-0.3, -0.25) is 4.68 Å². The van der Waals surface area contributed by atoms with Crippen molar-refractivity contribution in [3.8, 4) is 11.3 Å². The molecule has 0 fully saturated rings. The van der Waals surface area contributed by atoms with E-state index in [2.05, 4.69) is 15.2 Å². The maximum absolute atomic E-state index is 13.5.